The van der Waals surface area contributed by atoms with Gasteiger partial charge in [0.2, 0.25) is 11.6 Å². The summed E-state index contributed by atoms with van der Waals surface area (Å²) in [5.41, 5.74) is 0.781. The number of carbonyl (C=O) groups is 3. The molecule has 3 aliphatic heterocycles. The van der Waals surface area contributed by atoms with E-state index in [-0.39, 0.29) is 23.6 Å². The summed E-state index contributed by atoms with van der Waals surface area (Å²) < 4.78 is 1.51. The molecule has 4 heterocycles. The van der Waals surface area contributed by atoms with Gasteiger partial charge in [-0.25, -0.2) is 9.48 Å². The van der Waals surface area contributed by atoms with E-state index < -0.39 is 12.0 Å². The van der Waals surface area contributed by atoms with E-state index in [4.69, 9.17) is 0 Å². The number of carbonyl (C=O) groups excluding carboxylic acids is 2. The Labute approximate surface area is 140 Å². The number of aryl methyl sites for hydroxylation is 1. The Kier molecular flexibility index (Phi) is 3.34. The average molecular weight is 350 g/mol. The second-order valence-electron chi connectivity index (χ2n) is 5.93. The molecule has 1 N–H and O–H groups in total. The van der Waals surface area contributed by atoms with Crippen molar-refractivity contribution in [2.45, 2.75) is 23.7 Å². The number of β-lactam (4-membered cyclic amide) rings is 1. The predicted octanol–water partition coefficient (Wildman–Crippen LogP) is -1.29. The summed E-state index contributed by atoms with van der Waals surface area (Å²) in [5.74, 6) is -1.06. The molecule has 1 aromatic rings. The summed E-state index contributed by atoms with van der Waals surface area (Å²) in [7, 11) is 1.71. The van der Waals surface area contributed by atoms with E-state index in [2.05, 4.69) is 15.5 Å². The van der Waals surface area contributed by atoms with Crippen molar-refractivity contribution < 1.29 is 19.5 Å². The van der Waals surface area contributed by atoms with Crippen LogP contribution in [0.4, 0.5) is 0 Å². The highest BCUT2D eigenvalue weighted by Gasteiger charge is 2.63. The van der Waals surface area contributed by atoms with Crippen LogP contribution in [0.3, 0.4) is 0 Å². The molecule has 0 saturated carbocycles. The molecule has 2 saturated heterocycles. The number of hydrogen-bond donors (Lipinski definition) is 1. The number of likely N-dealkylation sites (tertiary alicyclic amines) is 1. The Balaban J connectivity index is 1.65. The third-order valence-corrected chi connectivity index (χ3v) is 5.91. The lowest BCUT2D eigenvalue weighted by atomic mass is 9.78. The zero-order chi connectivity index (χ0) is 17.0. The van der Waals surface area contributed by atoms with Crippen molar-refractivity contribution in [1.82, 2.24) is 30.0 Å². The van der Waals surface area contributed by atoms with Crippen LogP contribution in [0.15, 0.2) is 16.4 Å². The summed E-state index contributed by atoms with van der Waals surface area (Å²) in [6.07, 6.45) is 1.32. The second kappa shape index (κ2) is 5.30. The van der Waals surface area contributed by atoms with Crippen LogP contribution in [0.25, 0.3) is 0 Å². The molecule has 0 bridgehead atoms. The number of aliphatic carboxylic acids is 1. The highest BCUT2D eigenvalue weighted by Crippen LogP contribution is 2.49. The molecule has 126 valence electrons. The monoisotopic (exact) mass is 350 g/mol. The number of thioether (sulfide) groups is 1. The SMILES string of the molecule is Cn1nnnc1SCC1=C(C(=O)O)N2C(=O)[C@@H]3[C@H]2C1CCN3C=O. The third-order valence-electron chi connectivity index (χ3n) is 4.85. The van der Waals surface area contributed by atoms with Crippen molar-refractivity contribution in [2.24, 2.45) is 13.0 Å². The van der Waals surface area contributed by atoms with Crippen LogP contribution < -0.4 is 0 Å². The number of rotatable bonds is 5. The maximum Gasteiger partial charge on any atom is 0.352 e. The molecule has 3 aliphatic rings. The van der Waals surface area contributed by atoms with E-state index in [9.17, 15) is 19.5 Å². The molecule has 4 rings (SSSR count). The highest BCUT2D eigenvalue weighted by atomic mass is 32.2. The van der Waals surface area contributed by atoms with Gasteiger partial charge in [0.1, 0.15) is 11.7 Å². The quantitative estimate of drug-likeness (QED) is 0.396. The summed E-state index contributed by atoms with van der Waals surface area (Å²) in [6.45, 7) is 0.460. The van der Waals surface area contributed by atoms with Crippen LogP contribution in [0.1, 0.15) is 6.42 Å². The summed E-state index contributed by atoms with van der Waals surface area (Å²) in [4.78, 5) is 38.0. The van der Waals surface area contributed by atoms with Crippen LogP contribution in [-0.4, -0.2) is 77.8 Å². The van der Waals surface area contributed by atoms with Gasteiger partial charge in [0.25, 0.3) is 5.91 Å². The summed E-state index contributed by atoms with van der Waals surface area (Å²) in [6, 6.07) is -0.787. The van der Waals surface area contributed by atoms with Crippen molar-refractivity contribution in [3.05, 3.63) is 11.3 Å². The van der Waals surface area contributed by atoms with Gasteiger partial charge >= 0.3 is 5.97 Å². The molecule has 2 fully saturated rings. The first-order valence-corrected chi connectivity index (χ1v) is 8.38. The molecule has 1 aromatic heterocycles. The van der Waals surface area contributed by atoms with Gasteiger partial charge < -0.3 is 10.0 Å². The minimum Gasteiger partial charge on any atom is -0.477 e. The Hall–Kier alpha value is -2.43. The first kappa shape index (κ1) is 15.1. The topological polar surface area (TPSA) is 122 Å². The lowest BCUT2D eigenvalue weighted by molar-refractivity contribution is -0.165. The maximum absolute atomic E-state index is 12.4. The minimum absolute atomic E-state index is 0.0383. The van der Waals surface area contributed by atoms with Crippen molar-refractivity contribution >= 4 is 30.0 Å². The number of nitrogens with zero attached hydrogens (tertiary/aromatic N) is 6. The van der Waals surface area contributed by atoms with Gasteiger partial charge in [-0.1, -0.05) is 11.8 Å². The molecule has 2 amide bonds. The summed E-state index contributed by atoms with van der Waals surface area (Å²) in [5, 5.41) is 21.4. The molecule has 0 aliphatic carbocycles. The number of carboxylic acids is 1. The fourth-order valence-electron chi connectivity index (χ4n) is 3.82. The van der Waals surface area contributed by atoms with Crippen molar-refractivity contribution in [3.63, 3.8) is 0 Å². The predicted molar refractivity (Wildman–Crippen MR) is 79.5 cm³/mol. The van der Waals surface area contributed by atoms with Crippen molar-refractivity contribution in [2.75, 3.05) is 12.3 Å². The molecule has 10 nitrogen and oxygen atoms in total. The molecular weight excluding hydrogens is 336 g/mol. The van der Waals surface area contributed by atoms with E-state index in [0.29, 0.717) is 30.3 Å². The Bertz CT molecular complexity index is 776. The van der Waals surface area contributed by atoms with Gasteiger partial charge in [0.05, 0.1) is 6.04 Å². The van der Waals surface area contributed by atoms with Crippen LogP contribution >= 0.6 is 11.8 Å². The maximum atomic E-state index is 12.4. The van der Waals surface area contributed by atoms with Crippen molar-refractivity contribution in [3.8, 4) is 0 Å². The number of aromatic nitrogens is 4. The Morgan fingerprint density at radius 3 is 2.92 bits per heavy atom. The van der Waals surface area contributed by atoms with Crippen LogP contribution in [-0.2, 0) is 21.4 Å². The summed E-state index contributed by atoms with van der Waals surface area (Å²) >= 11 is 1.34. The van der Waals surface area contributed by atoms with Crippen LogP contribution in [0.2, 0.25) is 0 Å². The molecule has 1 unspecified atom stereocenters. The van der Waals surface area contributed by atoms with E-state index in [1.165, 1.54) is 26.2 Å². The number of piperidine rings is 1. The van der Waals surface area contributed by atoms with Gasteiger partial charge in [0, 0.05) is 25.3 Å². The fourth-order valence-corrected chi connectivity index (χ4v) is 4.77. The van der Waals surface area contributed by atoms with Gasteiger partial charge in [0.15, 0.2) is 0 Å². The number of carboxylic acid groups (broad SMARTS) is 1. The molecule has 11 heteroatoms. The largest absolute Gasteiger partial charge is 0.477 e. The molecule has 24 heavy (non-hydrogen) atoms. The van der Waals surface area contributed by atoms with Crippen LogP contribution in [0.5, 0.6) is 0 Å². The average Bonchev–Trinajstić information content (AvgIpc) is 3.11. The Morgan fingerprint density at radius 1 is 1.50 bits per heavy atom. The number of amides is 2. The van der Waals surface area contributed by atoms with Crippen LogP contribution in [0, 0.1) is 5.92 Å². The standard InChI is InChI=1S/C13H14N6O4S/c1-17-13(14-15-16-17)24-4-7-6-2-3-18(5-20)10-8(6)19(11(10)21)9(7)12(22)23/h5-6,8,10H,2-4H2,1H3,(H,22,23)/t6?,8-,10+/m1/s1. The molecule has 0 spiro atoms. The van der Waals surface area contributed by atoms with Gasteiger partial charge in [-0.3, -0.25) is 14.5 Å². The first-order chi connectivity index (χ1) is 11.5. The lowest BCUT2D eigenvalue weighted by Gasteiger charge is -2.52. The third kappa shape index (κ3) is 1.90. The molecular formula is C13H14N6O4S. The van der Waals surface area contributed by atoms with Gasteiger partial charge in [-0.05, 0) is 22.4 Å². The minimum atomic E-state index is -1.11. The highest BCUT2D eigenvalue weighted by molar-refractivity contribution is 7.99. The molecule has 0 radical (unpaired) electrons. The van der Waals surface area contributed by atoms with Crippen molar-refractivity contribution in [1.29, 1.82) is 0 Å². The number of tetrazole rings is 1. The molecule has 0 aromatic carbocycles. The zero-order valence-corrected chi connectivity index (χ0v) is 13.5. The number of hydrogen-bond acceptors (Lipinski definition) is 7. The fraction of sp³-hybridized carbons (Fsp3) is 0.538. The second-order valence-corrected chi connectivity index (χ2v) is 6.88. The van der Waals surface area contributed by atoms with Gasteiger partial charge in [-0.2, -0.15) is 0 Å². The Morgan fingerprint density at radius 2 is 2.29 bits per heavy atom. The zero-order valence-electron chi connectivity index (χ0n) is 12.7. The first-order valence-electron chi connectivity index (χ1n) is 7.40. The smallest absolute Gasteiger partial charge is 0.352 e. The van der Waals surface area contributed by atoms with E-state index in [1.54, 1.807) is 7.05 Å². The normalized spacial score (nSPS) is 28.0. The van der Waals surface area contributed by atoms with Gasteiger partial charge in [-0.15, -0.1) is 5.10 Å². The molecule has 3 atom stereocenters. The van der Waals surface area contributed by atoms with E-state index >= 15 is 0 Å². The van der Waals surface area contributed by atoms with E-state index in [1.807, 2.05) is 0 Å². The lowest BCUT2D eigenvalue weighted by Crippen LogP contribution is -2.72. The van der Waals surface area contributed by atoms with E-state index in [0.717, 1.165) is 5.57 Å².